The van der Waals surface area contributed by atoms with E-state index in [0.29, 0.717) is 30.0 Å². The highest BCUT2D eigenvalue weighted by Gasteiger charge is 2.46. The largest absolute Gasteiger partial charge is 0.487 e. The van der Waals surface area contributed by atoms with E-state index in [1.54, 1.807) is 24.4 Å². The molecule has 8 heteroatoms. The molecule has 0 aliphatic carbocycles. The van der Waals surface area contributed by atoms with Crippen molar-refractivity contribution in [2.24, 2.45) is 0 Å². The van der Waals surface area contributed by atoms with Gasteiger partial charge in [0, 0.05) is 36.1 Å². The van der Waals surface area contributed by atoms with Crippen molar-refractivity contribution in [1.82, 2.24) is 10.3 Å². The molecule has 0 radical (unpaired) electrons. The van der Waals surface area contributed by atoms with Crippen LogP contribution in [0.5, 0.6) is 5.75 Å². The average Bonchev–Trinajstić information content (AvgIpc) is 3.15. The van der Waals surface area contributed by atoms with Gasteiger partial charge in [-0.05, 0) is 43.2 Å². The van der Waals surface area contributed by atoms with Gasteiger partial charge in [0.15, 0.2) is 0 Å². The van der Waals surface area contributed by atoms with Crippen LogP contribution in [0, 0.1) is 0 Å². The lowest BCUT2D eigenvalue weighted by atomic mass is 9.84. The molecule has 8 nitrogen and oxygen atoms in total. The second kappa shape index (κ2) is 9.45. The van der Waals surface area contributed by atoms with Gasteiger partial charge in [0.25, 0.3) is 5.91 Å². The van der Waals surface area contributed by atoms with Crippen LogP contribution in [0.2, 0.25) is 0 Å². The Morgan fingerprint density at radius 2 is 2.16 bits per heavy atom. The number of anilines is 1. The van der Waals surface area contributed by atoms with Crippen LogP contribution < -0.4 is 15.4 Å². The summed E-state index contributed by atoms with van der Waals surface area (Å²) in [6.07, 6.45) is 3.71. The maximum atomic E-state index is 12.5. The van der Waals surface area contributed by atoms with Crippen LogP contribution in [0.25, 0.3) is 0 Å². The standard InChI is InChI=1S/C23H27N3O5/c1-2-7-25-21(28)11-16-10-18-17-9-15(26-23(29)14-4-3-8-24-12-14)5-6-19(17)31-22(18)20(13-27)30-16/h3-6,8-9,12,16,18,20,22,27H,2,7,10-11,13H2,1H3,(H,25,28)(H,26,29)/t16-,18+,20+,22-/m1/s1. The Morgan fingerprint density at radius 3 is 2.90 bits per heavy atom. The van der Waals surface area contributed by atoms with E-state index in [0.717, 1.165) is 12.0 Å². The normalized spacial score (nSPS) is 23.9. The van der Waals surface area contributed by atoms with E-state index in [9.17, 15) is 14.7 Å². The van der Waals surface area contributed by atoms with Crippen LogP contribution in [-0.4, -0.2) is 53.4 Å². The molecule has 1 aromatic heterocycles. The first kappa shape index (κ1) is 21.3. The number of pyridine rings is 1. The van der Waals surface area contributed by atoms with E-state index < -0.39 is 6.10 Å². The van der Waals surface area contributed by atoms with Gasteiger partial charge in [-0.2, -0.15) is 0 Å². The number of carbonyl (C=O) groups excluding carboxylic acids is 2. The molecular weight excluding hydrogens is 398 g/mol. The monoisotopic (exact) mass is 425 g/mol. The summed E-state index contributed by atoms with van der Waals surface area (Å²) < 4.78 is 12.0. The van der Waals surface area contributed by atoms with Gasteiger partial charge in [0.2, 0.25) is 5.91 Å². The summed E-state index contributed by atoms with van der Waals surface area (Å²) in [6.45, 7) is 2.45. The highest BCUT2D eigenvalue weighted by molar-refractivity contribution is 6.04. The van der Waals surface area contributed by atoms with E-state index in [1.807, 2.05) is 19.1 Å². The average molecular weight is 425 g/mol. The highest BCUT2D eigenvalue weighted by atomic mass is 16.6. The number of nitrogens with one attached hydrogen (secondary N) is 2. The summed E-state index contributed by atoms with van der Waals surface area (Å²) in [5, 5.41) is 15.6. The predicted octanol–water partition coefficient (Wildman–Crippen LogP) is 2.24. The Hall–Kier alpha value is -2.97. The number of amides is 2. The molecular formula is C23H27N3O5. The second-order valence-electron chi connectivity index (χ2n) is 7.91. The molecule has 3 heterocycles. The summed E-state index contributed by atoms with van der Waals surface area (Å²) >= 11 is 0. The van der Waals surface area contributed by atoms with Crippen molar-refractivity contribution in [3.05, 3.63) is 53.9 Å². The third-order valence-electron chi connectivity index (χ3n) is 5.67. The predicted molar refractivity (Wildman–Crippen MR) is 114 cm³/mol. The molecule has 0 bridgehead atoms. The molecule has 164 valence electrons. The number of carbonyl (C=O) groups is 2. The molecule has 3 N–H and O–H groups in total. The quantitative estimate of drug-likeness (QED) is 0.628. The van der Waals surface area contributed by atoms with Crippen molar-refractivity contribution < 1.29 is 24.2 Å². The van der Waals surface area contributed by atoms with E-state index in [-0.39, 0.29) is 43.0 Å². The van der Waals surface area contributed by atoms with Crippen molar-refractivity contribution in [1.29, 1.82) is 0 Å². The molecule has 0 unspecified atom stereocenters. The number of ether oxygens (including phenoxy) is 2. The van der Waals surface area contributed by atoms with Crippen molar-refractivity contribution in [2.75, 3.05) is 18.5 Å². The van der Waals surface area contributed by atoms with Crippen LogP contribution in [0.15, 0.2) is 42.7 Å². The van der Waals surface area contributed by atoms with Crippen molar-refractivity contribution in [3.8, 4) is 5.75 Å². The first-order chi connectivity index (χ1) is 15.1. The number of hydrogen-bond donors (Lipinski definition) is 3. The lowest BCUT2D eigenvalue weighted by molar-refractivity contribution is -0.142. The Bertz CT molecular complexity index is 936. The minimum Gasteiger partial charge on any atom is -0.487 e. The molecule has 1 saturated heterocycles. The van der Waals surface area contributed by atoms with Crippen molar-refractivity contribution in [3.63, 3.8) is 0 Å². The van der Waals surface area contributed by atoms with Crippen LogP contribution in [0.4, 0.5) is 5.69 Å². The van der Waals surface area contributed by atoms with Crippen LogP contribution in [0.3, 0.4) is 0 Å². The smallest absolute Gasteiger partial charge is 0.257 e. The molecule has 2 aromatic rings. The Morgan fingerprint density at radius 1 is 1.29 bits per heavy atom. The van der Waals surface area contributed by atoms with Crippen molar-refractivity contribution >= 4 is 17.5 Å². The summed E-state index contributed by atoms with van der Waals surface area (Å²) in [5.41, 5.74) is 2.08. The van der Waals surface area contributed by atoms with Crippen LogP contribution in [-0.2, 0) is 9.53 Å². The fourth-order valence-electron chi connectivity index (χ4n) is 4.21. The lowest BCUT2D eigenvalue weighted by Crippen LogP contribution is -2.47. The zero-order chi connectivity index (χ0) is 21.8. The Labute approximate surface area is 181 Å². The van der Waals surface area contributed by atoms with Gasteiger partial charge in [0.1, 0.15) is 18.0 Å². The van der Waals surface area contributed by atoms with Gasteiger partial charge in [-0.1, -0.05) is 6.92 Å². The molecule has 31 heavy (non-hydrogen) atoms. The number of nitrogens with zero attached hydrogens (tertiary/aromatic N) is 1. The van der Waals surface area contributed by atoms with Crippen LogP contribution >= 0.6 is 0 Å². The SMILES string of the molecule is CCCNC(=O)C[C@H]1C[C@H]2c3cc(NC(=O)c4cccnc4)ccc3O[C@H]2[C@H](CO)O1. The minimum atomic E-state index is -0.511. The first-order valence-corrected chi connectivity index (χ1v) is 10.6. The van der Waals surface area contributed by atoms with Gasteiger partial charge < -0.3 is 25.2 Å². The summed E-state index contributed by atoms with van der Waals surface area (Å²) in [7, 11) is 0. The van der Waals surface area contributed by atoms with E-state index in [2.05, 4.69) is 15.6 Å². The molecule has 2 aliphatic rings. The molecule has 1 aromatic carbocycles. The molecule has 2 amide bonds. The third kappa shape index (κ3) is 4.70. The van der Waals surface area contributed by atoms with Gasteiger partial charge >= 0.3 is 0 Å². The first-order valence-electron chi connectivity index (χ1n) is 10.6. The van der Waals surface area contributed by atoms with E-state index >= 15 is 0 Å². The number of aliphatic hydroxyl groups is 1. The number of rotatable bonds is 7. The molecule has 4 atom stereocenters. The van der Waals surface area contributed by atoms with Gasteiger partial charge in [-0.25, -0.2) is 0 Å². The number of aromatic nitrogens is 1. The highest BCUT2D eigenvalue weighted by Crippen LogP contribution is 2.47. The topological polar surface area (TPSA) is 110 Å². The Kier molecular flexibility index (Phi) is 6.48. The lowest BCUT2D eigenvalue weighted by Gasteiger charge is -2.37. The summed E-state index contributed by atoms with van der Waals surface area (Å²) in [5.74, 6) is 0.389. The fraction of sp³-hybridized carbons (Fsp3) is 0.435. The second-order valence-corrected chi connectivity index (χ2v) is 7.91. The number of benzene rings is 1. The molecule has 1 fully saturated rings. The molecule has 0 saturated carbocycles. The minimum absolute atomic E-state index is 0.0277. The van der Waals surface area contributed by atoms with Gasteiger partial charge in [-0.3, -0.25) is 14.6 Å². The zero-order valence-electron chi connectivity index (χ0n) is 17.4. The molecule has 0 spiro atoms. The molecule has 4 rings (SSSR count). The van der Waals surface area contributed by atoms with Gasteiger partial charge in [0.05, 0.1) is 24.7 Å². The number of hydrogen-bond acceptors (Lipinski definition) is 6. The van der Waals surface area contributed by atoms with E-state index in [1.165, 1.54) is 6.20 Å². The van der Waals surface area contributed by atoms with Gasteiger partial charge in [-0.15, -0.1) is 0 Å². The molecule has 2 aliphatic heterocycles. The van der Waals surface area contributed by atoms with Crippen molar-refractivity contribution in [2.45, 2.75) is 50.4 Å². The van der Waals surface area contributed by atoms with Crippen LogP contribution in [0.1, 0.15) is 48.0 Å². The fourth-order valence-corrected chi connectivity index (χ4v) is 4.21. The maximum Gasteiger partial charge on any atom is 0.257 e. The maximum absolute atomic E-state index is 12.5. The van der Waals surface area contributed by atoms with E-state index in [4.69, 9.17) is 9.47 Å². The Balaban J connectivity index is 1.50. The summed E-state index contributed by atoms with van der Waals surface area (Å²) in [4.78, 5) is 28.6. The number of fused-ring (bicyclic) bond motifs is 3. The zero-order valence-corrected chi connectivity index (χ0v) is 17.4. The summed E-state index contributed by atoms with van der Waals surface area (Å²) in [6, 6.07) is 8.93. The number of aliphatic hydroxyl groups excluding tert-OH is 1. The third-order valence-corrected chi connectivity index (χ3v) is 5.67.